The molecular weight excluding hydrogens is 322 g/mol. The SMILES string of the molecule is CC(N[C@H](C)c1cccc(Cl)c1)c1ccccc1Br. The number of hydrogen-bond donors (Lipinski definition) is 1. The van der Waals surface area contributed by atoms with Gasteiger partial charge in [0.2, 0.25) is 0 Å². The van der Waals surface area contributed by atoms with E-state index in [0.29, 0.717) is 0 Å². The maximum atomic E-state index is 6.03. The number of rotatable bonds is 4. The zero-order valence-electron chi connectivity index (χ0n) is 11.0. The first kappa shape index (κ1) is 14.6. The normalized spacial score (nSPS) is 14.1. The Morgan fingerprint density at radius 2 is 1.74 bits per heavy atom. The van der Waals surface area contributed by atoms with E-state index in [2.05, 4.69) is 59.4 Å². The van der Waals surface area contributed by atoms with Crippen molar-refractivity contribution >= 4 is 27.5 Å². The third kappa shape index (κ3) is 3.82. The molecular formula is C16H17BrClN. The molecule has 0 aliphatic rings. The lowest BCUT2D eigenvalue weighted by atomic mass is 10.0. The lowest BCUT2D eigenvalue weighted by Crippen LogP contribution is -2.22. The van der Waals surface area contributed by atoms with Crippen LogP contribution in [0.5, 0.6) is 0 Å². The Kier molecular flexibility index (Phi) is 5.03. The van der Waals surface area contributed by atoms with Crippen molar-refractivity contribution < 1.29 is 0 Å². The minimum Gasteiger partial charge on any atom is -0.304 e. The Morgan fingerprint density at radius 1 is 1.00 bits per heavy atom. The van der Waals surface area contributed by atoms with Gasteiger partial charge in [0.05, 0.1) is 0 Å². The third-order valence-electron chi connectivity index (χ3n) is 3.22. The predicted octanol–water partition coefficient (Wildman–Crippen LogP) is 5.51. The van der Waals surface area contributed by atoms with E-state index in [-0.39, 0.29) is 12.1 Å². The van der Waals surface area contributed by atoms with E-state index in [1.165, 1.54) is 11.1 Å². The highest BCUT2D eigenvalue weighted by molar-refractivity contribution is 9.10. The molecule has 100 valence electrons. The van der Waals surface area contributed by atoms with Crippen LogP contribution in [0.25, 0.3) is 0 Å². The Balaban J connectivity index is 2.11. The number of hydrogen-bond acceptors (Lipinski definition) is 1. The molecule has 0 saturated carbocycles. The number of halogens is 2. The Morgan fingerprint density at radius 3 is 2.42 bits per heavy atom. The molecule has 2 aromatic carbocycles. The van der Waals surface area contributed by atoms with Gasteiger partial charge in [-0.05, 0) is 43.2 Å². The summed E-state index contributed by atoms with van der Waals surface area (Å²) in [5.74, 6) is 0. The molecule has 0 radical (unpaired) electrons. The first-order valence-corrected chi connectivity index (χ1v) is 7.51. The molecule has 0 spiro atoms. The summed E-state index contributed by atoms with van der Waals surface area (Å²) in [7, 11) is 0. The smallest absolute Gasteiger partial charge is 0.0409 e. The second-order valence-corrected chi connectivity index (χ2v) is 5.98. The van der Waals surface area contributed by atoms with Crippen molar-refractivity contribution in [3.63, 3.8) is 0 Å². The van der Waals surface area contributed by atoms with Crippen LogP contribution in [-0.2, 0) is 0 Å². The molecule has 19 heavy (non-hydrogen) atoms. The second-order valence-electron chi connectivity index (χ2n) is 4.69. The van der Waals surface area contributed by atoms with Crippen LogP contribution < -0.4 is 5.32 Å². The minimum atomic E-state index is 0.251. The zero-order valence-corrected chi connectivity index (χ0v) is 13.4. The van der Waals surface area contributed by atoms with Crippen molar-refractivity contribution in [2.24, 2.45) is 0 Å². The number of nitrogens with one attached hydrogen (secondary N) is 1. The van der Waals surface area contributed by atoms with Gasteiger partial charge in [0.1, 0.15) is 0 Å². The van der Waals surface area contributed by atoms with Gasteiger partial charge >= 0.3 is 0 Å². The fourth-order valence-electron chi connectivity index (χ4n) is 2.16. The summed E-state index contributed by atoms with van der Waals surface area (Å²) in [5.41, 5.74) is 2.46. The van der Waals surface area contributed by atoms with E-state index in [9.17, 15) is 0 Å². The molecule has 0 aliphatic carbocycles. The van der Waals surface area contributed by atoms with Crippen molar-refractivity contribution in [3.05, 3.63) is 69.2 Å². The molecule has 2 aromatic rings. The second kappa shape index (κ2) is 6.56. The van der Waals surface area contributed by atoms with Crippen molar-refractivity contribution in [2.45, 2.75) is 25.9 Å². The van der Waals surface area contributed by atoms with Crippen LogP contribution in [0.4, 0.5) is 0 Å². The molecule has 2 rings (SSSR count). The van der Waals surface area contributed by atoms with Crippen LogP contribution in [0.3, 0.4) is 0 Å². The molecule has 1 unspecified atom stereocenters. The first-order chi connectivity index (χ1) is 9.08. The minimum absolute atomic E-state index is 0.251. The van der Waals surface area contributed by atoms with Crippen molar-refractivity contribution in [2.75, 3.05) is 0 Å². The summed E-state index contributed by atoms with van der Waals surface area (Å²) in [6.07, 6.45) is 0. The number of benzene rings is 2. The summed E-state index contributed by atoms with van der Waals surface area (Å²) in [4.78, 5) is 0. The van der Waals surface area contributed by atoms with E-state index in [1.54, 1.807) is 0 Å². The van der Waals surface area contributed by atoms with E-state index in [0.717, 1.165) is 9.50 Å². The van der Waals surface area contributed by atoms with Gasteiger partial charge in [-0.1, -0.05) is 57.9 Å². The average molecular weight is 339 g/mol. The van der Waals surface area contributed by atoms with Gasteiger partial charge in [-0.2, -0.15) is 0 Å². The van der Waals surface area contributed by atoms with Gasteiger partial charge < -0.3 is 5.32 Å². The molecule has 0 aromatic heterocycles. The highest BCUT2D eigenvalue weighted by Gasteiger charge is 2.13. The van der Waals surface area contributed by atoms with Crippen LogP contribution in [0.1, 0.15) is 37.1 Å². The molecule has 0 bridgehead atoms. The van der Waals surface area contributed by atoms with Gasteiger partial charge in [0.25, 0.3) is 0 Å². The first-order valence-electron chi connectivity index (χ1n) is 6.34. The van der Waals surface area contributed by atoms with Crippen molar-refractivity contribution in [3.8, 4) is 0 Å². The van der Waals surface area contributed by atoms with Crippen LogP contribution in [0.2, 0.25) is 5.02 Å². The van der Waals surface area contributed by atoms with Gasteiger partial charge in [0.15, 0.2) is 0 Å². The van der Waals surface area contributed by atoms with Gasteiger partial charge in [0, 0.05) is 21.6 Å². The van der Waals surface area contributed by atoms with Crippen LogP contribution in [-0.4, -0.2) is 0 Å². The van der Waals surface area contributed by atoms with E-state index in [1.807, 2.05) is 24.3 Å². The van der Waals surface area contributed by atoms with E-state index >= 15 is 0 Å². The summed E-state index contributed by atoms with van der Waals surface area (Å²) in [6.45, 7) is 4.32. The summed E-state index contributed by atoms with van der Waals surface area (Å²) < 4.78 is 1.13. The molecule has 1 N–H and O–H groups in total. The monoisotopic (exact) mass is 337 g/mol. The molecule has 0 fully saturated rings. The van der Waals surface area contributed by atoms with E-state index < -0.39 is 0 Å². The summed E-state index contributed by atoms with van der Waals surface area (Å²) in [6, 6.07) is 16.8. The predicted molar refractivity (Wildman–Crippen MR) is 85.6 cm³/mol. The Hall–Kier alpha value is -0.830. The Bertz CT molecular complexity index is 556. The Labute approximate surface area is 128 Å². The van der Waals surface area contributed by atoms with Gasteiger partial charge in [-0.3, -0.25) is 0 Å². The summed E-state index contributed by atoms with van der Waals surface area (Å²) in [5, 5.41) is 4.37. The third-order valence-corrected chi connectivity index (χ3v) is 4.18. The molecule has 0 saturated heterocycles. The fraction of sp³-hybridized carbons (Fsp3) is 0.250. The quantitative estimate of drug-likeness (QED) is 0.774. The molecule has 0 amide bonds. The lowest BCUT2D eigenvalue weighted by Gasteiger charge is -2.21. The van der Waals surface area contributed by atoms with Gasteiger partial charge in [-0.15, -0.1) is 0 Å². The summed E-state index contributed by atoms with van der Waals surface area (Å²) >= 11 is 9.63. The van der Waals surface area contributed by atoms with Crippen LogP contribution in [0.15, 0.2) is 53.0 Å². The van der Waals surface area contributed by atoms with Crippen LogP contribution >= 0.6 is 27.5 Å². The molecule has 1 nitrogen and oxygen atoms in total. The fourth-order valence-corrected chi connectivity index (χ4v) is 2.99. The lowest BCUT2D eigenvalue weighted by molar-refractivity contribution is 0.493. The maximum absolute atomic E-state index is 6.03. The molecule has 0 heterocycles. The van der Waals surface area contributed by atoms with Crippen molar-refractivity contribution in [1.82, 2.24) is 5.32 Å². The zero-order chi connectivity index (χ0) is 13.8. The van der Waals surface area contributed by atoms with Crippen LogP contribution in [0, 0.1) is 0 Å². The highest BCUT2D eigenvalue weighted by atomic mass is 79.9. The topological polar surface area (TPSA) is 12.0 Å². The molecule has 0 aliphatic heterocycles. The highest BCUT2D eigenvalue weighted by Crippen LogP contribution is 2.26. The maximum Gasteiger partial charge on any atom is 0.0409 e. The largest absolute Gasteiger partial charge is 0.304 e. The average Bonchev–Trinajstić information content (AvgIpc) is 2.39. The van der Waals surface area contributed by atoms with Gasteiger partial charge in [-0.25, -0.2) is 0 Å². The van der Waals surface area contributed by atoms with E-state index in [4.69, 9.17) is 11.6 Å². The molecule has 3 heteroatoms. The molecule has 2 atom stereocenters. The van der Waals surface area contributed by atoms with Crippen molar-refractivity contribution in [1.29, 1.82) is 0 Å². The standard InChI is InChI=1S/C16H17BrClN/c1-11(13-6-5-7-14(18)10-13)19-12(2)15-8-3-4-9-16(15)17/h3-12,19H,1-2H3/t11-,12?/m1/s1.